The average Bonchev–Trinajstić information content (AvgIpc) is 3.46. The number of carbonyl (C=O) groups excluding carboxylic acids is 2. The SMILES string of the molecule is COc1cc(C=NN2C(=O)C3C4C=CC(C4)C3C2=O)cc(Cl)c1OCc1ccc(F)cc1. The van der Waals surface area contributed by atoms with E-state index in [0.29, 0.717) is 17.1 Å². The number of amides is 2. The highest BCUT2D eigenvalue weighted by atomic mass is 35.5. The third-order valence-electron chi connectivity index (χ3n) is 6.32. The minimum Gasteiger partial charge on any atom is -0.493 e. The van der Waals surface area contributed by atoms with E-state index in [0.717, 1.165) is 17.0 Å². The van der Waals surface area contributed by atoms with E-state index in [-0.39, 0.29) is 52.9 Å². The summed E-state index contributed by atoms with van der Waals surface area (Å²) >= 11 is 6.40. The average molecular weight is 455 g/mol. The molecule has 5 rings (SSSR count). The first-order chi connectivity index (χ1) is 15.5. The van der Waals surface area contributed by atoms with Gasteiger partial charge in [-0.2, -0.15) is 10.1 Å². The minimum absolute atomic E-state index is 0.133. The third-order valence-corrected chi connectivity index (χ3v) is 6.60. The van der Waals surface area contributed by atoms with Gasteiger partial charge in [-0.1, -0.05) is 35.9 Å². The molecule has 1 saturated heterocycles. The fourth-order valence-electron chi connectivity index (χ4n) is 4.82. The summed E-state index contributed by atoms with van der Waals surface area (Å²) in [5, 5.41) is 5.44. The number of allylic oxidation sites excluding steroid dienone is 2. The number of fused-ring (bicyclic) bond motifs is 5. The lowest BCUT2D eigenvalue weighted by atomic mass is 9.85. The van der Waals surface area contributed by atoms with Gasteiger partial charge in [0.1, 0.15) is 12.4 Å². The van der Waals surface area contributed by atoms with E-state index < -0.39 is 0 Å². The van der Waals surface area contributed by atoms with Crippen LogP contribution in [0.2, 0.25) is 5.02 Å². The summed E-state index contributed by atoms with van der Waals surface area (Å²) in [4.78, 5) is 25.5. The molecule has 0 N–H and O–H groups in total. The Hall–Kier alpha value is -3.19. The molecule has 4 atom stereocenters. The largest absolute Gasteiger partial charge is 0.493 e. The van der Waals surface area contributed by atoms with Gasteiger partial charge in [-0.05, 0) is 53.6 Å². The predicted octanol–water partition coefficient (Wildman–Crippen LogP) is 4.21. The molecule has 164 valence electrons. The van der Waals surface area contributed by atoms with Crippen LogP contribution in [0, 0.1) is 29.5 Å². The fourth-order valence-corrected chi connectivity index (χ4v) is 5.09. The Balaban J connectivity index is 1.33. The van der Waals surface area contributed by atoms with Crippen LogP contribution >= 0.6 is 11.6 Å². The summed E-state index contributed by atoms with van der Waals surface area (Å²) in [6.45, 7) is 0.180. The molecule has 3 aliphatic rings. The highest BCUT2D eigenvalue weighted by molar-refractivity contribution is 6.32. The van der Waals surface area contributed by atoms with Crippen molar-refractivity contribution in [2.45, 2.75) is 13.0 Å². The van der Waals surface area contributed by atoms with E-state index >= 15 is 0 Å². The van der Waals surface area contributed by atoms with Gasteiger partial charge in [0.05, 0.1) is 30.2 Å². The van der Waals surface area contributed by atoms with Gasteiger partial charge in [-0.25, -0.2) is 4.39 Å². The van der Waals surface area contributed by atoms with Gasteiger partial charge in [0, 0.05) is 0 Å². The van der Waals surface area contributed by atoms with Crippen LogP contribution < -0.4 is 9.47 Å². The molecular formula is C24H20ClFN2O4. The number of benzene rings is 2. The molecule has 2 aromatic rings. The molecule has 4 unspecified atom stereocenters. The van der Waals surface area contributed by atoms with Crippen molar-refractivity contribution in [3.05, 3.63) is 70.5 Å². The van der Waals surface area contributed by atoms with Gasteiger partial charge in [0.15, 0.2) is 11.5 Å². The summed E-state index contributed by atoms with van der Waals surface area (Å²) < 4.78 is 24.3. The van der Waals surface area contributed by atoms with Crippen molar-refractivity contribution in [3.8, 4) is 11.5 Å². The molecule has 2 aliphatic carbocycles. The lowest BCUT2D eigenvalue weighted by molar-refractivity contribution is -0.140. The molecule has 0 radical (unpaired) electrons. The first-order valence-corrected chi connectivity index (χ1v) is 10.7. The first kappa shape index (κ1) is 20.7. The first-order valence-electron chi connectivity index (χ1n) is 10.3. The topological polar surface area (TPSA) is 68.2 Å². The number of hydrazone groups is 1. The maximum absolute atomic E-state index is 13.1. The number of rotatable bonds is 6. The Labute approximate surface area is 189 Å². The highest BCUT2D eigenvalue weighted by Gasteiger charge is 2.59. The summed E-state index contributed by atoms with van der Waals surface area (Å²) in [7, 11) is 1.48. The summed E-state index contributed by atoms with van der Waals surface area (Å²) in [5.41, 5.74) is 1.33. The highest BCUT2D eigenvalue weighted by Crippen LogP contribution is 2.52. The molecule has 2 fully saturated rings. The van der Waals surface area contributed by atoms with Gasteiger partial charge in [-0.3, -0.25) is 9.59 Å². The maximum Gasteiger partial charge on any atom is 0.254 e. The molecule has 8 heteroatoms. The second-order valence-corrected chi connectivity index (χ2v) is 8.59. The molecule has 0 aromatic heterocycles. The van der Waals surface area contributed by atoms with Gasteiger partial charge in [0.25, 0.3) is 11.8 Å². The van der Waals surface area contributed by atoms with Crippen LogP contribution in [0.25, 0.3) is 0 Å². The number of ether oxygens (including phenoxy) is 2. The van der Waals surface area contributed by atoms with E-state index in [1.54, 1.807) is 24.3 Å². The summed E-state index contributed by atoms with van der Waals surface area (Å²) in [6, 6.07) is 9.23. The Morgan fingerprint density at radius 1 is 1.12 bits per heavy atom. The number of hydrogen-bond acceptors (Lipinski definition) is 5. The molecule has 32 heavy (non-hydrogen) atoms. The van der Waals surface area contributed by atoms with E-state index in [1.165, 1.54) is 25.5 Å². The number of imide groups is 1. The molecule has 6 nitrogen and oxygen atoms in total. The van der Waals surface area contributed by atoms with Gasteiger partial charge < -0.3 is 9.47 Å². The molecule has 2 aromatic carbocycles. The second kappa shape index (κ2) is 8.06. The zero-order valence-electron chi connectivity index (χ0n) is 17.2. The molecule has 2 amide bonds. The second-order valence-electron chi connectivity index (χ2n) is 8.18. The maximum atomic E-state index is 13.1. The lowest BCUT2D eigenvalue weighted by Gasteiger charge is -2.14. The van der Waals surface area contributed by atoms with Crippen LogP contribution in [0.3, 0.4) is 0 Å². The number of carbonyl (C=O) groups is 2. The van der Waals surface area contributed by atoms with Crippen LogP contribution in [-0.2, 0) is 16.2 Å². The minimum atomic E-state index is -0.324. The van der Waals surface area contributed by atoms with Crippen molar-refractivity contribution < 1.29 is 23.5 Å². The van der Waals surface area contributed by atoms with Crippen molar-refractivity contribution in [1.82, 2.24) is 5.01 Å². The van der Waals surface area contributed by atoms with E-state index in [2.05, 4.69) is 5.10 Å². The molecule has 2 bridgehead atoms. The normalized spacial score (nSPS) is 25.8. The Bertz CT molecular complexity index is 1120. The van der Waals surface area contributed by atoms with Crippen molar-refractivity contribution >= 4 is 29.6 Å². The van der Waals surface area contributed by atoms with E-state index in [9.17, 15) is 14.0 Å². The fraction of sp³-hybridized carbons (Fsp3) is 0.292. The van der Waals surface area contributed by atoms with Crippen molar-refractivity contribution in [1.29, 1.82) is 0 Å². The number of nitrogens with zero attached hydrogens (tertiary/aromatic N) is 2. The van der Waals surface area contributed by atoms with Crippen molar-refractivity contribution in [3.63, 3.8) is 0 Å². The quantitative estimate of drug-likeness (QED) is 0.372. The predicted molar refractivity (Wildman–Crippen MR) is 116 cm³/mol. The van der Waals surface area contributed by atoms with Gasteiger partial charge >= 0.3 is 0 Å². The Kier molecular flexibility index (Phi) is 5.21. The van der Waals surface area contributed by atoms with Gasteiger partial charge in [-0.15, -0.1) is 0 Å². The zero-order valence-corrected chi connectivity index (χ0v) is 18.0. The molecule has 0 spiro atoms. The summed E-state index contributed by atoms with van der Waals surface area (Å²) in [6.07, 6.45) is 6.37. The standard InChI is InChI=1S/C24H20ClFN2O4/c1-31-19-9-14(8-18(25)22(19)32-12-13-2-6-17(26)7-3-13)11-27-28-23(29)20-15-4-5-16(10-15)21(20)24(28)30/h2-9,11,15-16,20-21H,10,12H2,1H3. The number of halogens is 2. The molecular weight excluding hydrogens is 435 g/mol. The van der Waals surface area contributed by atoms with Gasteiger partial charge in [0.2, 0.25) is 0 Å². The van der Waals surface area contributed by atoms with Crippen LogP contribution in [0.4, 0.5) is 4.39 Å². The van der Waals surface area contributed by atoms with Crippen LogP contribution in [0.15, 0.2) is 53.7 Å². The zero-order chi connectivity index (χ0) is 22.4. The molecule has 1 heterocycles. The van der Waals surface area contributed by atoms with Crippen molar-refractivity contribution in [2.75, 3.05) is 7.11 Å². The van der Waals surface area contributed by atoms with Crippen LogP contribution in [0.1, 0.15) is 17.5 Å². The molecule has 1 aliphatic heterocycles. The molecule has 1 saturated carbocycles. The smallest absolute Gasteiger partial charge is 0.254 e. The number of hydrogen-bond donors (Lipinski definition) is 0. The van der Waals surface area contributed by atoms with E-state index in [4.69, 9.17) is 21.1 Å². The van der Waals surface area contributed by atoms with Crippen molar-refractivity contribution in [2.24, 2.45) is 28.8 Å². The Morgan fingerprint density at radius 2 is 1.78 bits per heavy atom. The third kappa shape index (κ3) is 3.46. The van der Waals surface area contributed by atoms with Crippen LogP contribution in [0.5, 0.6) is 11.5 Å². The lowest BCUT2D eigenvalue weighted by Crippen LogP contribution is -2.28. The Morgan fingerprint density at radius 3 is 2.41 bits per heavy atom. The summed E-state index contributed by atoms with van der Waals surface area (Å²) in [5.74, 6) is -0.431. The van der Waals surface area contributed by atoms with Crippen LogP contribution in [-0.4, -0.2) is 30.1 Å². The van der Waals surface area contributed by atoms with E-state index in [1.807, 2.05) is 12.2 Å². The number of methoxy groups -OCH3 is 1. The monoisotopic (exact) mass is 454 g/mol.